The van der Waals surface area contributed by atoms with Crippen molar-refractivity contribution in [2.75, 3.05) is 0 Å². The Morgan fingerprint density at radius 3 is 2.08 bits per heavy atom. The van der Waals surface area contributed by atoms with Crippen molar-refractivity contribution < 1.29 is 13.2 Å². The monoisotopic (exact) mass is 208 g/mol. The minimum Gasteiger partial charge on any atom is -0.165 e. The van der Waals surface area contributed by atoms with Gasteiger partial charge in [-0.15, -0.1) is 11.3 Å². The third kappa shape index (κ3) is 2.24. The Labute approximate surface area is 79.4 Å². The molecule has 0 aromatic carbocycles. The first-order chi connectivity index (χ1) is 5.82. The molecule has 0 aliphatic rings. The van der Waals surface area contributed by atoms with E-state index >= 15 is 0 Å². The average Bonchev–Trinajstić information content (AvgIpc) is 2.29. The highest BCUT2D eigenvalue weighted by atomic mass is 32.1. The maximum Gasteiger partial charge on any atom is 0.425 e. The van der Waals surface area contributed by atoms with Crippen LogP contribution < -0.4 is 0 Å². The molecule has 0 bridgehead atoms. The summed E-state index contributed by atoms with van der Waals surface area (Å²) in [6.07, 6.45) is -4.19. The smallest absolute Gasteiger partial charge is 0.165 e. The van der Waals surface area contributed by atoms with E-state index in [1.54, 1.807) is 6.07 Å². The SMILES string of the molecule is Cc1cc(C(C)C)sc1C(F)(F)F. The van der Waals surface area contributed by atoms with Crippen LogP contribution in [0.5, 0.6) is 0 Å². The molecule has 0 radical (unpaired) electrons. The van der Waals surface area contributed by atoms with Crippen molar-refractivity contribution in [3.8, 4) is 0 Å². The number of aryl methyl sites for hydroxylation is 1. The molecular weight excluding hydrogens is 197 g/mol. The molecule has 0 aliphatic carbocycles. The molecule has 1 aromatic heterocycles. The second kappa shape index (κ2) is 3.33. The third-order valence-electron chi connectivity index (χ3n) is 1.76. The molecule has 0 spiro atoms. The lowest BCUT2D eigenvalue weighted by atomic mass is 10.1. The summed E-state index contributed by atoms with van der Waals surface area (Å²) in [4.78, 5) is 0.334. The second-order valence-corrected chi connectivity index (χ2v) is 4.40. The Balaban J connectivity index is 3.11. The fraction of sp³-hybridized carbons (Fsp3) is 0.556. The predicted octanol–water partition coefficient (Wildman–Crippen LogP) is 4.20. The van der Waals surface area contributed by atoms with E-state index < -0.39 is 11.1 Å². The molecule has 1 rings (SSSR count). The van der Waals surface area contributed by atoms with Crippen molar-refractivity contribution in [1.29, 1.82) is 0 Å². The zero-order chi connectivity index (χ0) is 10.2. The van der Waals surface area contributed by atoms with Gasteiger partial charge in [-0.2, -0.15) is 13.2 Å². The van der Waals surface area contributed by atoms with Gasteiger partial charge in [0.15, 0.2) is 0 Å². The zero-order valence-corrected chi connectivity index (χ0v) is 8.51. The number of halogens is 3. The molecular formula is C9H11F3S. The minimum absolute atomic E-state index is 0.166. The van der Waals surface area contributed by atoms with Crippen LogP contribution in [0.3, 0.4) is 0 Å². The summed E-state index contributed by atoms with van der Waals surface area (Å²) in [6.45, 7) is 5.29. The maximum absolute atomic E-state index is 12.3. The summed E-state index contributed by atoms with van der Waals surface area (Å²) < 4.78 is 37.0. The molecule has 0 saturated carbocycles. The van der Waals surface area contributed by atoms with Gasteiger partial charge < -0.3 is 0 Å². The quantitative estimate of drug-likeness (QED) is 0.648. The lowest BCUT2D eigenvalue weighted by Crippen LogP contribution is -2.02. The van der Waals surface area contributed by atoms with E-state index in [0.29, 0.717) is 5.56 Å². The van der Waals surface area contributed by atoms with Gasteiger partial charge >= 0.3 is 6.18 Å². The van der Waals surface area contributed by atoms with Gasteiger partial charge in [-0.25, -0.2) is 0 Å². The van der Waals surface area contributed by atoms with Gasteiger partial charge in [0.05, 0.1) is 0 Å². The van der Waals surface area contributed by atoms with Crippen LogP contribution in [0, 0.1) is 6.92 Å². The van der Waals surface area contributed by atoms with Crippen LogP contribution in [0.4, 0.5) is 13.2 Å². The van der Waals surface area contributed by atoms with Gasteiger partial charge in [-0.3, -0.25) is 0 Å². The Bertz CT molecular complexity index is 296. The van der Waals surface area contributed by atoms with Gasteiger partial charge in [0.2, 0.25) is 0 Å². The first kappa shape index (κ1) is 10.6. The zero-order valence-electron chi connectivity index (χ0n) is 7.70. The van der Waals surface area contributed by atoms with Crippen LogP contribution in [0.2, 0.25) is 0 Å². The molecule has 74 valence electrons. The normalized spacial score (nSPS) is 12.5. The van der Waals surface area contributed by atoms with Gasteiger partial charge in [0.1, 0.15) is 4.88 Å². The topological polar surface area (TPSA) is 0 Å². The molecule has 0 fully saturated rings. The number of thiophene rings is 1. The summed E-state index contributed by atoms with van der Waals surface area (Å²) in [5.74, 6) is 0.166. The fourth-order valence-electron chi connectivity index (χ4n) is 1.07. The molecule has 0 saturated heterocycles. The first-order valence-electron chi connectivity index (χ1n) is 4.00. The molecule has 4 heteroatoms. The molecule has 0 unspecified atom stereocenters. The van der Waals surface area contributed by atoms with Crippen LogP contribution in [0.25, 0.3) is 0 Å². The highest BCUT2D eigenvalue weighted by molar-refractivity contribution is 7.12. The Morgan fingerprint density at radius 1 is 1.31 bits per heavy atom. The van der Waals surface area contributed by atoms with E-state index in [2.05, 4.69) is 0 Å². The van der Waals surface area contributed by atoms with Gasteiger partial charge in [-0.1, -0.05) is 13.8 Å². The second-order valence-electron chi connectivity index (χ2n) is 3.31. The Hall–Kier alpha value is -0.510. The molecule has 0 amide bonds. The van der Waals surface area contributed by atoms with Gasteiger partial charge in [-0.05, 0) is 24.5 Å². The average molecular weight is 208 g/mol. The highest BCUT2D eigenvalue weighted by Gasteiger charge is 2.34. The third-order valence-corrected chi connectivity index (χ3v) is 3.35. The van der Waals surface area contributed by atoms with E-state index in [0.717, 1.165) is 16.2 Å². The van der Waals surface area contributed by atoms with Crippen LogP contribution >= 0.6 is 11.3 Å². The van der Waals surface area contributed by atoms with E-state index in [1.165, 1.54) is 6.92 Å². The molecule has 1 heterocycles. The molecule has 1 aromatic rings. The van der Waals surface area contributed by atoms with E-state index in [4.69, 9.17) is 0 Å². The molecule has 0 N–H and O–H groups in total. The van der Waals surface area contributed by atoms with Crippen molar-refractivity contribution in [3.05, 3.63) is 21.4 Å². The number of alkyl halides is 3. The van der Waals surface area contributed by atoms with Crippen molar-refractivity contribution >= 4 is 11.3 Å². The highest BCUT2D eigenvalue weighted by Crippen LogP contribution is 2.39. The lowest BCUT2D eigenvalue weighted by molar-refractivity contribution is -0.134. The summed E-state index contributed by atoms with van der Waals surface area (Å²) in [5.41, 5.74) is 0.334. The van der Waals surface area contributed by atoms with E-state index in [9.17, 15) is 13.2 Å². The first-order valence-corrected chi connectivity index (χ1v) is 4.81. The number of hydrogen-bond acceptors (Lipinski definition) is 1. The van der Waals surface area contributed by atoms with Crippen molar-refractivity contribution in [2.45, 2.75) is 32.9 Å². The standard InChI is InChI=1S/C9H11F3S/c1-5(2)7-4-6(3)8(13-7)9(10,11)12/h4-5H,1-3H3. The van der Waals surface area contributed by atoms with Crippen LogP contribution in [0.15, 0.2) is 6.07 Å². The fourth-order valence-corrected chi connectivity index (χ4v) is 2.12. The van der Waals surface area contributed by atoms with Crippen LogP contribution in [-0.2, 0) is 6.18 Å². The van der Waals surface area contributed by atoms with Crippen LogP contribution in [-0.4, -0.2) is 0 Å². The summed E-state index contributed by atoms with van der Waals surface area (Å²) in [7, 11) is 0. The maximum atomic E-state index is 12.3. The van der Waals surface area contributed by atoms with E-state index in [-0.39, 0.29) is 5.92 Å². The number of hydrogen-bond donors (Lipinski definition) is 0. The lowest BCUT2D eigenvalue weighted by Gasteiger charge is -2.03. The Kier molecular flexibility index (Phi) is 2.71. The largest absolute Gasteiger partial charge is 0.425 e. The predicted molar refractivity (Wildman–Crippen MR) is 48.1 cm³/mol. The number of rotatable bonds is 1. The summed E-state index contributed by atoms with van der Waals surface area (Å²) >= 11 is 0.850. The van der Waals surface area contributed by atoms with Crippen LogP contribution in [0.1, 0.15) is 35.1 Å². The molecule has 0 nitrogen and oxygen atoms in total. The van der Waals surface area contributed by atoms with Crippen molar-refractivity contribution in [3.63, 3.8) is 0 Å². The van der Waals surface area contributed by atoms with E-state index in [1.807, 2.05) is 13.8 Å². The molecule has 0 atom stereocenters. The van der Waals surface area contributed by atoms with Gasteiger partial charge in [0.25, 0.3) is 0 Å². The van der Waals surface area contributed by atoms with Crippen molar-refractivity contribution in [1.82, 2.24) is 0 Å². The summed E-state index contributed by atoms with van der Waals surface area (Å²) in [5, 5.41) is 0. The van der Waals surface area contributed by atoms with Gasteiger partial charge in [0, 0.05) is 4.88 Å². The molecule has 13 heavy (non-hydrogen) atoms. The summed E-state index contributed by atoms with van der Waals surface area (Å²) in [6, 6.07) is 1.62. The Morgan fingerprint density at radius 2 is 1.85 bits per heavy atom. The molecule has 0 aliphatic heterocycles. The van der Waals surface area contributed by atoms with Crippen molar-refractivity contribution in [2.24, 2.45) is 0 Å². The minimum atomic E-state index is -4.19.